The van der Waals surface area contributed by atoms with Gasteiger partial charge in [-0.05, 0) is 31.9 Å². The van der Waals surface area contributed by atoms with Gasteiger partial charge in [0.05, 0.1) is 5.69 Å². The number of hydrogen-bond donors (Lipinski definition) is 0. The van der Waals surface area contributed by atoms with Crippen LogP contribution in [0.5, 0.6) is 0 Å². The standard InChI is InChI=1S/C16H16F3N7/c1-10-2-3-13-22-23-15(26(13)24-10)11-4-6-25(7-5-11)14-8-12(16(17,18)19)20-9-21-14/h2-3,8-9,11H,4-7H2,1H3. The molecule has 0 atom stereocenters. The molecule has 0 spiro atoms. The molecule has 0 bridgehead atoms. The lowest BCUT2D eigenvalue weighted by molar-refractivity contribution is -0.141. The third kappa shape index (κ3) is 3.06. The first-order chi connectivity index (χ1) is 12.4. The first kappa shape index (κ1) is 16.7. The number of halogens is 3. The van der Waals surface area contributed by atoms with Gasteiger partial charge in [0.25, 0.3) is 0 Å². The zero-order valence-corrected chi connectivity index (χ0v) is 14.0. The summed E-state index contributed by atoms with van der Waals surface area (Å²) >= 11 is 0. The summed E-state index contributed by atoms with van der Waals surface area (Å²) in [5.41, 5.74) is 0.642. The summed E-state index contributed by atoms with van der Waals surface area (Å²) in [6, 6.07) is 4.75. The molecule has 0 aromatic carbocycles. The van der Waals surface area contributed by atoms with Gasteiger partial charge >= 0.3 is 6.18 Å². The zero-order valence-electron chi connectivity index (χ0n) is 14.0. The van der Waals surface area contributed by atoms with Gasteiger partial charge in [-0.25, -0.2) is 9.97 Å². The Hall–Kier alpha value is -2.78. The second-order valence-electron chi connectivity index (χ2n) is 6.32. The van der Waals surface area contributed by atoms with Gasteiger partial charge in [0.15, 0.2) is 11.5 Å². The van der Waals surface area contributed by atoms with E-state index in [2.05, 4.69) is 25.3 Å². The van der Waals surface area contributed by atoms with E-state index in [-0.39, 0.29) is 5.92 Å². The van der Waals surface area contributed by atoms with E-state index in [1.807, 2.05) is 24.0 Å². The van der Waals surface area contributed by atoms with Crippen molar-refractivity contribution in [2.24, 2.45) is 0 Å². The molecular formula is C16H16F3N7. The molecule has 0 saturated carbocycles. The Morgan fingerprint density at radius 3 is 2.58 bits per heavy atom. The number of piperidine rings is 1. The number of hydrogen-bond acceptors (Lipinski definition) is 6. The molecule has 4 rings (SSSR count). The fourth-order valence-corrected chi connectivity index (χ4v) is 3.19. The lowest BCUT2D eigenvalue weighted by Gasteiger charge is -2.32. The molecule has 4 heterocycles. The van der Waals surface area contributed by atoms with E-state index in [0.29, 0.717) is 24.6 Å². The maximum Gasteiger partial charge on any atom is 0.433 e. The van der Waals surface area contributed by atoms with Gasteiger partial charge in [0.2, 0.25) is 0 Å². The first-order valence-electron chi connectivity index (χ1n) is 8.25. The van der Waals surface area contributed by atoms with Crippen LogP contribution in [0, 0.1) is 6.92 Å². The van der Waals surface area contributed by atoms with Crippen molar-refractivity contribution in [3.63, 3.8) is 0 Å². The maximum absolute atomic E-state index is 12.8. The minimum atomic E-state index is -4.47. The minimum Gasteiger partial charge on any atom is -0.356 e. The molecule has 1 fully saturated rings. The van der Waals surface area contributed by atoms with E-state index in [1.54, 1.807) is 4.52 Å². The highest BCUT2D eigenvalue weighted by Gasteiger charge is 2.34. The summed E-state index contributed by atoms with van der Waals surface area (Å²) in [4.78, 5) is 9.15. The van der Waals surface area contributed by atoms with Crippen LogP contribution in [0.3, 0.4) is 0 Å². The molecular weight excluding hydrogens is 347 g/mol. The Morgan fingerprint density at radius 1 is 1.08 bits per heavy atom. The fourth-order valence-electron chi connectivity index (χ4n) is 3.19. The van der Waals surface area contributed by atoms with Crippen LogP contribution in [0.4, 0.5) is 19.0 Å². The van der Waals surface area contributed by atoms with Crippen molar-refractivity contribution in [1.82, 2.24) is 29.8 Å². The Bertz CT molecular complexity index is 929. The molecule has 10 heteroatoms. The van der Waals surface area contributed by atoms with Crippen LogP contribution in [0.2, 0.25) is 0 Å². The summed E-state index contributed by atoms with van der Waals surface area (Å²) in [5, 5.41) is 12.9. The molecule has 1 aliphatic heterocycles. The minimum absolute atomic E-state index is 0.152. The van der Waals surface area contributed by atoms with Gasteiger partial charge in [-0.15, -0.1) is 10.2 Å². The van der Waals surface area contributed by atoms with E-state index < -0.39 is 11.9 Å². The van der Waals surface area contributed by atoms with Crippen molar-refractivity contribution in [2.75, 3.05) is 18.0 Å². The van der Waals surface area contributed by atoms with Crippen molar-refractivity contribution < 1.29 is 13.2 Å². The number of rotatable bonds is 2. The van der Waals surface area contributed by atoms with Gasteiger partial charge < -0.3 is 4.90 Å². The highest BCUT2D eigenvalue weighted by Crippen LogP contribution is 2.32. The summed E-state index contributed by atoms with van der Waals surface area (Å²) in [5.74, 6) is 1.24. The van der Waals surface area contributed by atoms with Crippen LogP contribution in [-0.4, -0.2) is 42.9 Å². The number of aromatic nitrogens is 6. The van der Waals surface area contributed by atoms with E-state index in [0.717, 1.165) is 36.8 Å². The Balaban J connectivity index is 1.51. The number of fused-ring (bicyclic) bond motifs is 1. The normalized spacial score (nSPS) is 16.4. The van der Waals surface area contributed by atoms with E-state index in [9.17, 15) is 13.2 Å². The van der Waals surface area contributed by atoms with Gasteiger partial charge in [0.1, 0.15) is 17.8 Å². The van der Waals surface area contributed by atoms with Crippen molar-refractivity contribution in [3.05, 3.63) is 41.7 Å². The van der Waals surface area contributed by atoms with Crippen LogP contribution in [0.1, 0.15) is 36.0 Å². The number of alkyl halides is 3. The first-order valence-corrected chi connectivity index (χ1v) is 8.25. The molecule has 7 nitrogen and oxygen atoms in total. The number of nitrogens with zero attached hydrogens (tertiary/aromatic N) is 7. The van der Waals surface area contributed by atoms with Crippen molar-refractivity contribution in [3.8, 4) is 0 Å². The molecule has 26 heavy (non-hydrogen) atoms. The third-order valence-electron chi connectivity index (χ3n) is 4.55. The van der Waals surface area contributed by atoms with E-state index in [4.69, 9.17) is 0 Å². The van der Waals surface area contributed by atoms with Gasteiger partial charge in [-0.3, -0.25) is 0 Å². The molecule has 0 N–H and O–H groups in total. The molecule has 0 unspecified atom stereocenters. The van der Waals surface area contributed by atoms with Gasteiger partial charge in [0, 0.05) is 25.1 Å². The van der Waals surface area contributed by atoms with Crippen molar-refractivity contribution in [2.45, 2.75) is 31.9 Å². The Morgan fingerprint density at radius 2 is 1.85 bits per heavy atom. The largest absolute Gasteiger partial charge is 0.433 e. The van der Waals surface area contributed by atoms with Crippen LogP contribution in [-0.2, 0) is 6.18 Å². The quantitative estimate of drug-likeness (QED) is 0.697. The summed E-state index contributed by atoms with van der Waals surface area (Å²) in [6.07, 6.45) is -2.04. The maximum atomic E-state index is 12.8. The van der Waals surface area contributed by atoms with Crippen LogP contribution in [0.15, 0.2) is 24.5 Å². The second kappa shape index (κ2) is 6.19. The van der Waals surface area contributed by atoms with Crippen LogP contribution >= 0.6 is 0 Å². The second-order valence-corrected chi connectivity index (χ2v) is 6.32. The third-order valence-corrected chi connectivity index (χ3v) is 4.55. The summed E-state index contributed by atoms with van der Waals surface area (Å²) < 4.78 is 40.2. The average Bonchev–Trinajstić information content (AvgIpc) is 3.04. The van der Waals surface area contributed by atoms with Gasteiger partial charge in [-0.1, -0.05) is 0 Å². The predicted octanol–water partition coefficient (Wildman–Crippen LogP) is 2.63. The van der Waals surface area contributed by atoms with Gasteiger partial charge in [-0.2, -0.15) is 22.8 Å². The molecule has 1 aliphatic rings. The molecule has 0 aliphatic carbocycles. The van der Waals surface area contributed by atoms with Crippen molar-refractivity contribution >= 4 is 11.5 Å². The molecule has 0 amide bonds. The van der Waals surface area contributed by atoms with Crippen molar-refractivity contribution in [1.29, 1.82) is 0 Å². The number of aryl methyl sites for hydroxylation is 1. The Labute approximate surface area is 146 Å². The topological polar surface area (TPSA) is 72.1 Å². The molecule has 136 valence electrons. The average molecular weight is 363 g/mol. The fraction of sp³-hybridized carbons (Fsp3) is 0.438. The van der Waals surface area contributed by atoms with E-state index in [1.165, 1.54) is 0 Å². The van der Waals surface area contributed by atoms with Crippen LogP contribution in [0.25, 0.3) is 5.65 Å². The smallest absolute Gasteiger partial charge is 0.356 e. The molecule has 3 aromatic rings. The summed E-state index contributed by atoms with van der Waals surface area (Å²) in [6.45, 7) is 3.07. The van der Waals surface area contributed by atoms with E-state index >= 15 is 0 Å². The number of anilines is 1. The lowest BCUT2D eigenvalue weighted by Crippen LogP contribution is -2.34. The monoisotopic (exact) mass is 363 g/mol. The zero-order chi connectivity index (χ0) is 18.3. The predicted molar refractivity (Wildman–Crippen MR) is 86.7 cm³/mol. The van der Waals surface area contributed by atoms with Crippen LogP contribution < -0.4 is 4.90 Å². The SMILES string of the molecule is Cc1ccc2nnc(C3CCN(c4cc(C(F)(F)F)ncn4)CC3)n2n1. The summed E-state index contributed by atoms with van der Waals surface area (Å²) in [7, 11) is 0. The Kier molecular flexibility index (Phi) is 3.97. The molecule has 0 radical (unpaired) electrons. The molecule has 1 saturated heterocycles. The highest BCUT2D eigenvalue weighted by atomic mass is 19.4. The molecule has 3 aromatic heterocycles. The highest BCUT2D eigenvalue weighted by molar-refractivity contribution is 5.41. The lowest BCUT2D eigenvalue weighted by atomic mass is 9.96.